The van der Waals surface area contributed by atoms with Gasteiger partial charge in [-0.3, -0.25) is 9.36 Å². The van der Waals surface area contributed by atoms with Crippen molar-refractivity contribution in [3.63, 3.8) is 0 Å². The first-order chi connectivity index (χ1) is 11.1. The summed E-state index contributed by atoms with van der Waals surface area (Å²) >= 11 is 11.7. The van der Waals surface area contributed by atoms with Crippen molar-refractivity contribution in [1.29, 1.82) is 0 Å². The van der Waals surface area contributed by atoms with E-state index in [0.29, 0.717) is 16.7 Å². The average molecular weight is 382 g/mol. The number of ether oxygens (including phenoxy) is 1. The second-order valence-corrected chi connectivity index (χ2v) is 5.27. The van der Waals surface area contributed by atoms with Crippen LogP contribution in [0.5, 0.6) is 0 Å². The van der Waals surface area contributed by atoms with Crippen LogP contribution in [-0.2, 0) is 10.9 Å². The number of alkyl halides is 3. The summed E-state index contributed by atoms with van der Waals surface area (Å²) < 4.78 is 43.4. The Kier molecular flexibility index (Phi) is 4.77. The van der Waals surface area contributed by atoms with Crippen LogP contribution in [0.25, 0.3) is 5.69 Å². The van der Waals surface area contributed by atoms with Gasteiger partial charge in [-0.2, -0.15) is 13.2 Å². The lowest BCUT2D eigenvalue weighted by atomic mass is 10.2. The summed E-state index contributed by atoms with van der Waals surface area (Å²) in [6.07, 6.45) is -3.78. The van der Waals surface area contributed by atoms with E-state index in [1.54, 1.807) is 0 Å². The van der Waals surface area contributed by atoms with Gasteiger partial charge in [0.1, 0.15) is 12.1 Å². The topological polar surface area (TPSA) is 87.2 Å². The number of rotatable bonds is 2. The summed E-state index contributed by atoms with van der Waals surface area (Å²) in [5, 5.41) is -0.918. The van der Waals surface area contributed by atoms with Crippen LogP contribution in [-0.4, -0.2) is 22.6 Å². The largest absolute Gasteiger partial charge is 0.465 e. The molecule has 0 aliphatic rings. The Labute approximate surface area is 142 Å². The molecule has 6 nitrogen and oxygen atoms in total. The summed E-state index contributed by atoms with van der Waals surface area (Å²) in [6.45, 7) is 0. The Morgan fingerprint density at radius 2 is 1.83 bits per heavy atom. The van der Waals surface area contributed by atoms with E-state index in [0.717, 1.165) is 13.4 Å². The normalized spacial score (nSPS) is 11.4. The number of aromatic nitrogens is 2. The van der Waals surface area contributed by atoms with E-state index in [2.05, 4.69) is 9.72 Å². The van der Waals surface area contributed by atoms with Crippen LogP contribution in [0, 0.1) is 0 Å². The molecule has 0 aliphatic carbocycles. The molecule has 1 aromatic carbocycles. The molecule has 0 bridgehead atoms. The molecule has 11 heteroatoms. The Hall–Kier alpha value is -2.26. The molecule has 2 N–H and O–H groups in total. The molecule has 2 aromatic rings. The summed E-state index contributed by atoms with van der Waals surface area (Å²) in [4.78, 5) is 27.6. The van der Waals surface area contributed by atoms with Gasteiger partial charge in [-0.15, -0.1) is 0 Å². The third-order valence-corrected chi connectivity index (χ3v) is 3.55. The van der Waals surface area contributed by atoms with Crippen molar-refractivity contribution in [3.05, 3.63) is 50.0 Å². The molecule has 1 heterocycles. The van der Waals surface area contributed by atoms with Crippen LogP contribution in [0.3, 0.4) is 0 Å². The maximum atomic E-state index is 12.8. The summed E-state index contributed by atoms with van der Waals surface area (Å²) in [5.41, 5.74) is 2.52. The lowest BCUT2D eigenvalue weighted by Gasteiger charge is -2.14. The second kappa shape index (κ2) is 6.33. The second-order valence-electron chi connectivity index (χ2n) is 4.46. The number of carbonyl (C=O) groups excluding carboxylic acids is 1. The minimum Gasteiger partial charge on any atom is -0.465 e. The maximum absolute atomic E-state index is 12.8. The van der Waals surface area contributed by atoms with Crippen LogP contribution in [0.15, 0.2) is 23.3 Å². The van der Waals surface area contributed by atoms with Gasteiger partial charge in [0, 0.05) is 0 Å². The van der Waals surface area contributed by atoms with E-state index >= 15 is 0 Å². The molecular weight excluding hydrogens is 374 g/mol. The van der Waals surface area contributed by atoms with Crippen LogP contribution in [0.1, 0.15) is 15.9 Å². The molecule has 0 atom stereocenters. The predicted molar refractivity (Wildman–Crippen MR) is 80.6 cm³/mol. The summed E-state index contributed by atoms with van der Waals surface area (Å²) in [5.74, 6) is -1.46. The van der Waals surface area contributed by atoms with Gasteiger partial charge in [-0.1, -0.05) is 23.2 Å². The molecule has 0 saturated carbocycles. The molecule has 2 rings (SSSR count). The first-order valence-corrected chi connectivity index (χ1v) is 6.85. The number of halogens is 5. The number of hydrogen-bond acceptors (Lipinski definition) is 5. The highest BCUT2D eigenvalue weighted by atomic mass is 35.5. The van der Waals surface area contributed by atoms with E-state index in [1.165, 1.54) is 0 Å². The zero-order valence-corrected chi connectivity index (χ0v) is 13.3. The van der Waals surface area contributed by atoms with Gasteiger partial charge in [0.2, 0.25) is 0 Å². The lowest BCUT2D eigenvalue weighted by molar-refractivity contribution is -0.137. The van der Waals surface area contributed by atoms with Gasteiger partial charge in [0.05, 0.1) is 28.4 Å². The standard InChI is InChI=1S/C13H8Cl2F3N3O3/c1-24-12(23)8-10(19)20-4-21(11(8)22)9-6(14)2-5(3-7(9)15)13(16,17)18/h2-4H,19H2,1H3. The van der Waals surface area contributed by atoms with E-state index < -0.39 is 44.7 Å². The molecule has 0 aliphatic heterocycles. The quantitative estimate of drug-likeness (QED) is 0.808. The highest BCUT2D eigenvalue weighted by Crippen LogP contribution is 2.37. The van der Waals surface area contributed by atoms with Crippen molar-refractivity contribution < 1.29 is 22.7 Å². The third-order valence-electron chi connectivity index (χ3n) is 2.98. The van der Waals surface area contributed by atoms with Crippen LogP contribution in [0.2, 0.25) is 10.0 Å². The Morgan fingerprint density at radius 1 is 1.29 bits per heavy atom. The number of nitrogens with two attached hydrogens (primary N) is 1. The fraction of sp³-hybridized carbons (Fsp3) is 0.154. The van der Waals surface area contributed by atoms with E-state index in [4.69, 9.17) is 28.9 Å². The Bertz CT molecular complexity index is 858. The minimum atomic E-state index is -4.67. The van der Waals surface area contributed by atoms with Gasteiger partial charge in [0.15, 0.2) is 5.56 Å². The van der Waals surface area contributed by atoms with Crippen molar-refractivity contribution in [2.24, 2.45) is 0 Å². The number of hydrogen-bond donors (Lipinski definition) is 1. The van der Waals surface area contributed by atoms with Gasteiger partial charge in [-0.25, -0.2) is 9.78 Å². The number of esters is 1. The number of anilines is 1. The predicted octanol–water partition coefficient (Wildman–Crippen LogP) is 2.93. The monoisotopic (exact) mass is 381 g/mol. The van der Waals surface area contributed by atoms with Crippen molar-refractivity contribution in [1.82, 2.24) is 9.55 Å². The van der Waals surface area contributed by atoms with Crippen molar-refractivity contribution in [2.45, 2.75) is 6.18 Å². The number of methoxy groups -OCH3 is 1. The number of benzene rings is 1. The zero-order chi connectivity index (χ0) is 18.2. The Balaban J connectivity index is 2.75. The van der Waals surface area contributed by atoms with Crippen molar-refractivity contribution >= 4 is 35.0 Å². The summed E-state index contributed by atoms with van der Waals surface area (Å²) in [7, 11) is 1.02. The molecule has 0 saturated heterocycles. The average Bonchev–Trinajstić information content (AvgIpc) is 2.47. The van der Waals surface area contributed by atoms with Crippen LogP contribution in [0.4, 0.5) is 19.0 Å². The van der Waals surface area contributed by atoms with Gasteiger partial charge >= 0.3 is 12.1 Å². The molecule has 0 spiro atoms. The van der Waals surface area contributed by atoms with Crippen LogP contribution < -0.4 is 11.3 Å². The zero-order valence-electron chi connectivity index (χ0n) is 11.8. The van der Waals surface area contributed by atoms with E-state index in [-0.39, 0.29) is 5.69 Å². The molecule has 0 amide bonds. The van der Waals surface area contributed by atoms with Gasteiger partial charge < -0.3 is 10.5 Å². The van der Waals surface area contributed by atoms with Crippen molar-refractivity contribution in [2.75, 3.05) is 12.8 Å². The molecule has 0 fully saturated rings. The van der Waals surface area contributed by atoms with E-state index in [1.807, 2.05) is 0 Å². The molecule has 0 unspecified atom stereocenters. The fourth-order valence-corrected chi connectivity index (χ4v) is 2.55. The molecule has 24 heavy (non-hydrogen) atoms. The number of nitrogen functional groups attached to an aromatic ring is 1. The first kappa shape index (κ1) is 18.1. The first-order valence-electron chi connectivity index (χ1n) is 6.10. The minimum absolute atomic E-state index is 0.269. The molecule has 128 valence electrons. The van der Waals surface area contributed by atoms with E-state index in [9.17, 15) is 22.8 Å². The molecule has 0 radical (unpaired) electrons. The van der Waals surface area contributed by atoms with Crippen LogP contribution >= 0.6 is 23.2 Å². The lowest BCUT2D eigenvalue weighted by Crippen LogP contribution is -2.28. The van der Waals surface area contributed by atoms with Crippen molar-refractivity contribution in [3.8, 4) is 5.69 Å². The number of nitrogens with zero attached hydrogens (tertiary/aromatic N) is 2. The van der Waals surface area contributed by atoms with Gasteiger partial charge in [-0.05, 0) is 12.1 Å². The SMILES string of the molecule is COC(=O)c1c(N)ncn(-c2c(Cl)cc(C(F)(F)F)cc2Cl)c1=O. The smallest absolute Gasteiger partial charge is 0.416 e. The number of carbonyl (C=O) groups is 1. The fourth-order valence-electron chi connectivity index (χ4n) is 1.88. The molecule has 1 aromatic heterocycles. The third kappa shape index (κ3) is 3.17. The van der Waals surface area contributed by atoms with Gasteiger partial charge in [0.25, 0.3) is 5.56 Å². The summed E-state index contributed by atoms with van der Waals surface area (Å²) in [6, 6.07) is 1.20. The maximum Gasteiger partial charge on any atom is 0.416 e. The molecular formula is C13H8Cl2F3N3O3. The highest BCUT2D eigenvalue weighted by Gasteiger charge is 2.32. The Morgan fingerprint density at radius 3 is 2.29 bits per heavy atom. The highest BCUT2D eigenvalue weighted by molar-refractivity contribution is 6.37.